The van der Waals surface area contributed by atoms with E-state index in [2.05, 4.69) is 5.32 Å². The van der Waals surface area contributed by atoms with Crippen LogP contribution in [-0.2, 0) is 26.2 Å². The Balaban J connectivity index is 2.01. The molecule has 3 aromatic rings. The number of amides is 2. The second-order valence-corrected chi connectivity index (χ2v) is 11.9. The second kappa shape index (κ2) is 13.6. The van der Waals surface area contributed by atoms with Gasteiger partial charge in [-0.15, -0.1) is 0 Å². The first kappa shape index (κ1) is 30.2. The molecule has 39 heavy (non-hydrogen) atoms. The summed E-state index contributed by atoms with van der Waals surface area (Å²) >= 11 is 6.18. The van der Waals surface area contributed by atoms with E-state index in [1.54, 1.807) is 55.5 Å². The highest BCUT2D eigenvalue weighted by Gasteiger charge is 2.32. The van der Waals surface area contributed by atoms with Crippen LogP contribution in [0.3, 0.4) is 0 Å². The molecule has 9 heteroatoms. The van der Waals surface area contributed by atoms with Crippen molar-refractivity contribution in [2.75, 3.05) is 17.4 Å². The maximum atomic E-state index is 13.9. The van der Waals surface area contributed by atoms with Crippen LogP contribution in [0.15, 0.2) is 77.7 Å². The number of hydrogen-bond acceptors (Lipinski definition) is 4. The lowest BCUT2D eigenvalue weighted by molar-refractivity contribution is -0.139. The summed E-state index contributed by atoms with van der Waals surface area (Å²) < 4.78 is 28.8. The first-order valence-corrected chi connectivity index (χ1v) is 14.8. The predicted octanol–water partition coefficient (Wildman–Crippen LogP) is 5.49. The minimum Gasteiger partial charge on any atom is -0.354 e. The topological polar surface area (TPSA) is 86.8 Å². The van der Waals surface area contributed by atoms with Gasteiger partial charge in [0.2, 0.25) is 11.8 Å². The molecule has 0 unspecified atom stereocenters. The molecule has 0 spiro atoms. The molecule has 0 aliphatic rings. The third kappa shape index (κ3) is 7.83. The molecule has 0 saturated carbocycles. The van der Waals surface area contributed by atoms with Gasteiger partial charge in [-0.25, -0.2) is 8.42 Å². The zero-order valence-corrected chi connectivity index (χ0v) is 24.4. The Morgan fingerprint density at radius 2 is 1.67 bits per heavy atom. The molecule has 7 nitrogen and oxygen atoms in total. The largest absolute Gasteiger partial charge is 0.354 e. The molecule has 208 valence electrons. The molecule has 0 saturated heterocycles. The summed E-state index contributed by atoms with van der Waals surface area (Å²) in [5.41, 5.74) is 3.00. The summed E-state index contributed by atoms with van der Waals surface area (Å²) in [6, 6.07) is 19.5. The zero-order chi connectivity index (χ0) is 28.6. The normalized spacial score (nSPS) is 12.0. The van der Waals surface area contributed by atoms with Crippen LogP contribution < -0.4 is 9.62 Å². The number of rotatable bonds is 12. The Labute approximate surface area is 236 Å². The number of carbonyl (C=O) groups excluding carboxylic acids is 2. The number of nitrogens with zero attached hydrogens (tertiary/aromatic N) is 2. The molecule has 0 fully saturated rings. The fraction of sp³-hybridized carbons (Fsp3) is 0.333. The van der Waals surface area contributed by atoms with E-state index in [-0.39, 0.29) is 17.3 Å². The van der Waals surface area contributed by atoms with Crippen molar-refractivity contribution in [1.82, 2.24) is 10.2 Å². The number of carbonyl (C=O) groups is 2. The molecular weight excluding hydrogens is 534 g/mol. The SMILES string of the molecule is CCCCNC(=O)[C@H](C)N(Cc1cccc(Cl)c1)C(=O)CN(c1ccc(C)c(C)c1)S(=O)(=O)c1ccccc1. The molecule has 3 rings (SSSR count). The van der Waals surface area contributed by atoms with Crippen LogP contribution in [0.2, 0.25) is 5.02 Å². The van der Waals surface area contributed by atoms with Gasteiger partial charge in [0, 0.05) is 18.1 Å². The quantitative estimate of drug-likeness (QED) is 0.292. The Bertz CT molecular complexity index is 1400. The summed E-state index contributed by atoms with van der Waals surface area (Å²) in [6.07, 6.45) is 1.73. The number of anilines is 1. The highest BCUT2D eigenvalue weighted by atomic mass is 35.5. The van der Waals surface area contributed by atoms with Crippen molar-refractivity contribution >= 4 is 39.1 Å². The zero-order valence-electron chi connectivity index (χ0n) is 22.9. The Morgan fingerprint density at radius 1 is 0.949 bits per heavy atom. The van der Waals surface area contributed by atoms with Crippen LogP contribution in [0.1, 0.15) is 43.4 Å². The van der Waals surface area contributed by atoms with Gasteiger partial charge in [-0.1, -0.05) is 61.3 Å². The summed E-state index contributed by atoms with van der Waals surface area (Å²) in [5, 5.41) is 3.38. The molecule has 2 amide bonds. The highest BCUT2D eigenvalue weighted by molar-refractivity contribution is 7.92. The maximum Gasteiger partial charge on any atom is 0.264 e. The van der Waals surface area contributed by atoms with Gasteiger partial charge in [0.05, 0.1) is 10.6 Å². The smallest absolute Gasteiger partial charge is 0.264 e. The Kier molecular flexibility index (Phi) is 10.5. The minimum atomic E-state index is -4.09. The van der Waals surface area contributed by atoms with Gasteiger partial charge in [-0.2, -0.15) is 0 Å². The van der Waals surface area contributed by atoms with Gasteiger partial charge >= 0.3 is 0 Å². The summed E-state index contributed by atoms with van der Waals surface area (Å²) in [4.78, 5) is 28.4. The average molecular weight is 570 g/mol. The lowest BCUT2D eigenvalue weighted by Crippen LogP contribution is -2.51. The van der Waals surface area contributed by atoms with E-state index in [0.29, 0.717) is 17.3 Å². The van der Waals surface area contributed by atoms with Crippen molar-refractivity contribution in [1.29, 1.82) is 0 Å². The number of nitrogens with one attached hydrogen (secondary N) is 1. The van der Waals surface area contributed by atoms with E-state index in [1.807, 2.05) is 32.9 Å². The van der Waals surface area contributed by atoms with Crippen LogP contribution in [0.5, 0.6) is 0 Å². The number of benzene rings is 3. The van der Waals surface area contributed by atoms with E-state index in [9.17, 15) is 18.0 Å². The monoisotopic (exact) mass is 569 g/mol. The number of sulfonamides is 1. The second-order valence-electron chi connectivity index (χ2n) is 9.57. The minimum absolute atomic E-state index is 0.0720. The van der Waals surface area contributed by atoms with Crippen LogP contribution in [0, 0.1) is 13.8 Å². The number of aryl methyl sites for hydroxylation is 2. The molecular formula is C30H36ClN3O4S. The molecule has 3 aromatic carbocycles. The fourth-order valence-electron chi connectivity index (χ4n) is 4.08. The molecule has 0 aliphatic heterocycles. The van der Waals surface area contributed by atoms with Crippen molar-refractivity contribution in [2.45, 2.75) is 58.0 Å². The lowest BCUT2D eigenvalue weighted by Gasteiger charge is -2.32. The van der Waals surface area contributed by atoms with E-state index >= 15 is 0 Å². The maximum absolute atomic E-state index is 13.9. The molecule has 0 heterocycles. The van der Waals surface area contributed by atoms with E-state index in [0.717, 1.165) is 33.8 Å². The van der Waals surface area contributed by atoms with Gasteiger partial charge in [0.25, 0.3) is 10.0 Å². The van der Waals surface area contributed by atoms with Crippen molar-refractivity contribution in [2.24, 2.45) is 0 Å². The highest BCUT2D eigenvalue weighted by Crippen LogP contribution is 2.26. The molecule has 0 bridgehead atoms. The first-order chi connectivity index (χ1) is 18.5. The predicted molar refractivity (Wildman–Crippen MR) is 156 cm³/mol. The molecule has 1 atom stereocenters. The van der Waals surface area contributed by atoms with Crippen LogP contribution >= 0.6 is 11.6 Å². The number of hydrogen-bond donors (Lipinski definition) is 1. The molecule has 0 aromatic heterocycles. The van der Waals surface area contributed by atoms with Crippen LogP contribution in [0.25, 0.3) is 0 Å². The third-order valence-electron chi connectivity index (χ3n) is 6.63. The van der Waals surface area contributed by atoms with Gasteiger partial charge < -0.3 is 10.2 Å². The standard InChI is InChI=1S/C30H36ClN3O4S/c1-5-6-17-32-30(36)24(4)33(20-25-11-10-12-26(31)19-25)29(35)21-34(27-16-15-22(2)23(3)18-27)39(37,38)28-13-8-7-9-14-28/h7-16,18-19,24H,5-6,17,20-21H2,1-4H3,(H,32,36)/t24-/m0/s1. The molecule has 0 aliphatic carbocycles. The van der Waals surface area contributed by atoms with Crippen molar-refractivity contribution in [3.63, 3.8) is 0 Å². The van der Waals surface area contributed by atoms with Crippen molar-refractivity contribution < 1.29 is 18.0 Å². The summed E-state index contributed by atoms with van der Waals surface area (Å²) in [6.45, 7) is 7.61. The number of halogens is 1. The van der Waals surface area contributed by atoms with Crippen LogP contribution in [-0.4, -0.2) is 44.3 Å². The Hall–Kier alpha value is -3.36. The molecule has 0 radical (unpaired) electrons. The van der Waals surface area contributed by atoms with Gasteiger partial charge in [0.15, 0.2) is 0 Å². The number of unbranched alkanes of at least 4 members (excludes halogenated alkanes) is 1. The van der Waals surface area contributed by atoms with E-state index in [4.69, 9.17) is 11.6 Å². The average Bonchev–Trinajstić information content (AvgIpc) is 2.92. The van der Waals surface area contributed by atoms with Gasteiger partial charge in [0.1, 0.15) is 12.6 Å². The fourth-order valence-corrected chi connectivity index (χ4v) is 5.72. The van der Waals surface area contributed by atoms with Crippen molar-refractivity contribution in [3.05, 3.63) is 94.5 Å². The van der Waals surface area contributed by atoms with E-state index < -0.39 is 28.5 Å². The van der Waals surface area contributed by atoms with E-state index in [1.165, 1.54) is 17.0 Å². The lowest BCUT2D eigenvalue weighted by atomic mass is 10.1. The van der Waals surface area contributed by atoms with Gasteiger partial charge in [-0.3, -0.25) is 13.9 Å². The summed E-state index contributed by atoms with van der Waals surface area (Å²) in [7, 11) is -4.09. The van der Waals surface area contributed by atoms with Crippen molar-refractivity contribution in [3.8, 4) is 0 Å². The van der Waals surface area contributed by atoms with Crippen LogP contribution in [0.4, 0.5) is 5.69 Å². The Morgan fingerprint density at radius 3 is 2.31 bits per heavy atom. The third-order valence-corrected chi connectivity index (χ3v) is 8.65. The summed E-state index contributed by atoms with van der Waals surface area (Å²) in [5.74, 6) is -0.812. The van der Waals surface area contributed by atoms with Gasteiger partial charge in [-0.05, 0) is 80.3 Å². The molecule has 1 N–H and O–H groups in total. The first-order valence-electron chi connectivity index (χ1n) is 13.0.